The minimum absolute atomic E-state index is 0.193. The Kier molecular flexibility index (Phi) is 4.90. The predicted molar refractivity (Wildman–Crippen MR) is 114 cm³/mol. The number of imidazole rings is 1. The van der Waals surface area contributed by atoms with E-state index in [0.717, 1.165) is 80.3 Å². The molecule has 5 rings (SSSR count). The first-order chi connectivity index (χ1) is 14.6. The van der Waals surface area contributed by atoms with Gasteiger partial charge in [-0.1, -0.05) is 0 Å². The van der Waals surface area contributed by atoms with Crippen LogP contribution in [0.3, 0.4) is 0 Å². The Morgan fingerprint density at radius 2 is 1.97 bits per heavy atom. The van der Waals surface area contributed by atoms with Crippen molar-refractivity contribution in [2.45, 2.75) is 38.6 Å². The number of carbonyl (C=O) groups excluding carboxylic acids is 1. The molecule has 0 atom stereocenters. The van der Waals surface area contributed by atoms with Gasteiger partial charge in [0.25, 0.3) is 5.91 Å². The molecule has 2 saturated heterocycles. The van der Waals surface area contributed by atoms with Crippen LogP contribution < -0.4 is 10.2 Å². The van der Waals surface area contributed by atoms with Gasteiger partial charge in [0.15, 0.2) is 11.5 Å². The summed E-state index contributed by atoms with van der Waals surface area (Å²) in [5, 5.41) is 7.70. The molecule has 0 bridgehead atoms. The molecule has 3 aromatic rings. The van der Waals surface area contributed by atoms with Crippen LogP contribution >= 0.6 is 0 Å². The second kappa shape index (κ2) is 7.71. The molecule has 0 saturated carbocycles. The summed E-state index contributed by atoms with van der Waals surface area (Å²) in [7, 11) is 1.90. The monoisotopic (exact) mass is 409 g/mol. The number of hydrogen-bond donors (Lipinski definition) is 1. The molecule has 30 heavy (non-hydrogen) atoms. The minimum atomic E-state index is -0.193. The van der Waals surface area contributed by atoms with Crippen molar-refractivity contribution in [3.05, 3.63) is 29.8 Å². The number of hydrogen-bond acceptors (Lipinski definition) is 6. The van der Waals surface area contributed by atoms with E-state index in [9.17, 15) is 4.79 Å². The van der Waals surface area contributed by atoms with Gasteiger partial charge in [0.2, 0.25) is 0 Å². The zero-order chi connectivity index (χ0) is 20.7. The molecule has 3 aromatic heterocycles. The third-order valence-corrected chi connectivity index (χ3v) is 6.22. The van der Waals surface area contributed by atoms with Crippen molar-refractivity contribution >= 4 is 28.6 Å². The second-order valence-corrected chi connectivity index (χ2v) is 8.12. The summed E-state index contributed by atoms with van der Waals surface area (Å²) >= 11 is 0. The summed E-state index contributed by atoms with van der Waals surface area (Å²) in [6, 6.07) is 2.16. The van der Waals surface area contributed by atoms with Crippen LogP contribution in [0.5, 0.6) is 0 Å². The number of ether oxygens (including phenoxy) is 1. The maximum Gasteiger partial charge on any atom is 0.257 e. The van der Waals surface area contributed by atoms with Crippen LogP contribution in [0.15, 0.2) is 18.6 Å². The number of carbonyl (C=O) groups is 1. The van der Waals surface area contributed by atoms with E-state index in [1.807, 2.05) is 31.0 Å². The number of aryl methyl sites for hydroxylation is 1. The minimum Gasteiger partial charge on any atom is -0.381 e. The van der Waals surface area contributed by atoms with E-state index in [2.05, 4.69) is 29.9 Å². The molecule has 2 fully saturated rings. The van der Waals surface area contributed by atoms with E-state index < -0.39 is 0 Å². The second-order valence-electron chi connectivity index (χ2n) is 8.12. The van der Waals surface area contributed by atoms with Crippen molar-refractivity contribution in [2.24, 2.45) is 7.05 Å². The highest BCUT2D eigenvalue weighted by molar-refractivity contribution is 6.07. The lowest BCUT2D eigenvalue weighted by Crippen LogP contribution is -2.21. The van der Waals surface area contributed by atoms with Gasteiger partial charge in [-0.05, 0) is 38.7 Å². The molecule has 0 spiro atoms. The molecule has 5 heterocycles. The van der Waals surface area contributed by atoms with Crippen LogP contribution in [0.4, 0.5) is 11.5 Å². The molecule has 1 amide bonds. The Bertz CT molecular complexity index is 1070. The van der Waals surface area contributed by atoms with Gasteiger partial charge in [-0.3, -0.25) is 9.48 Å². The fraction of sp³-hybridized carbons (Fsp3) is 0.524. The van der Waals surface area contributed by atoms with Gasteiger partial charge in [-0.25, -0.2) is 9.97 Å². The summed E-state index contributed by atoms with van der Waals surface area (Å²) in [5.74, 6) is 0.653. The molecular formula is C21H27N7O2. The lowest BCUT2D eigenvalue weighted by atomic mass is 10.1. The summed E-state index contributed by atoms with van der Waals surface area (Å²) in [6.45, 7) is 5.43. The maximum atomic E-state index is 13.0. The molecule has 0 unspecified atom stereocenters. The Morgan fingerprint density at radius 3 is 2.73 bits per heavy atom. The van der Waals surface area contributed by atoms with E-state index in [1.54, 1.807) is 6.20 Å². The van der Waals surface area contributed by atoms with Gasteiger partial charge in [0, 0.05) is 45.6 Å². The molecule has 158 valence electrons. The first-order valence-corrected chi connectivity index (χ1v) is 10.6. The van der Waals surface area contributed by atoms with Gasteiger partial charge < -0.3 is 19.5 Å². The lowest BCUT2D eigenvalue weighted by Gasteiger charge is -2.23. The van der Waals surface area contributed by atoms with Crippen molar-refractivity contribution < 1.29 is 9.53 Å². The van der Waals surface area contributed by atoms with Crippen LogP contribution in [-0.4, -0.2) is 56.5 Å². The number of aromatic nitrogens is 5. The quantitative estimate of drug-likeness (QED) is 0.713. The largest absolute Gasteiger partial charge is 0.381 e. The number of fused-ring (bicyclic) bond motifs is 1. The molecule has 9 nitrogen and oxygen atoms in total. The number of rotatable bonds is 4. The van der Waals surface area contributed by atoms with Crippen molar-refractivity contribution in [3.63, 3.8) is 0 Å². The van der Waals surface area contributed by atoms with Crippen molar-refractivity contribution in [3.8, 4) is 0 Å². The Labute approximate surface area is 175 Å². The van der Waals surface area contributed by atoms with Crippen LogP contribution in [0, 0.1) is 6.92 Å². The lowest BCUT2D eigenvalue weighted by molar-refractivity contribution is 0.0704. The molecule has 9 heteroatoms. The van der Waals surface area contributed by atoms with E-state index in [1.165, 1.54) is 0 Å². The highest BCUT2D eigenvalue weighted by Crippen LogP contribution is 2.31. The first kappa shape index (κ1) is 19.0. The topological polar surface area (TPSA) is 90.1 Å². The van der Waals surface area contributed by atoms with Crippen LogP contribution in [0.25, 0.3) is 11.2 Å². The van der Waals surface area contributed by atoms with Gasteiger partial charge in [-0.2, -0.15) is 5.10 Å². The Balaban J connectivity index is 1.40. The van der Waals surface area contributed by atoms with E-state index in [-0.39, 0.29) is 5.91 Å². The summed E-state index contributed by atoms with van der Waals surface area (Å²) in [5.41, 5.74) is 3.75. The molecule has 1 N–H and O–H groups in total. The third kappa shape index (κ3) is 3.32. The normalized spacial score (nSPS) is 17.7. The van der Waals surface area contributed by atoms with Gasteiger partial charge in [0.1, 0.15) is 11.2 Å². The smallest absolute Gasteiger partial charge is 0.257 e. The maximum absolute atomic E-state index is 13.0. The summed E-state index contributed by atoms with van der Waals surface area (Å²) in [6.07, 6.45) is 7.67. The average Bonchev–Trinajstić information content (AvgIpc) is 3.50. The molecule has 2 aliphatic heterocycles. The number of nitrogens with zero attached hydrogens (tertiary/aromatic N) is 6. The van der Waals surface area contributed by atoms with Crippen molar-refractivity contribution in [1.29, 1.82) is 0 Å². The van der Waals surface area contributed by atoms with Gasteiger partial charge in [-0.15, -0.1) is 0 Å². The fourth-order valence-electron chi connectivity index (χ4n) is 4.35. The highest BCUT2D eigenvalue weighted by Gasteiger charge is 2.24. The molecule has 2 aliphatic rings. The zero-order valence-corrected chi connectivity index (χ0v) is 17.5. The van der Waals surface area contributed by atoms with Gasteiger partial charge >= 0.3 is 0 Å². The zero-order valence-electron chi connectivity index (χ0n) is 17.5. The number of pyridine rings is 1. The predicted octanol–water partition coefficient (Wildman–Crippen LogP) is 2.68. The first-order valence-electron chi connectivity index (χ1n) is 10.6. The highest BCUT2D eigenvalue weighted by atomic mass is 16.5. The molecular weight excluding hydrogens is 382 g/mol. The van der Waals surface area contributed by atoms with Gasteiger partial charge in [0.05, 0.1) is 17.6 Å². The molecule has 0 aromatic carbocycles. The van der Waals surface area contributed by atoms with E-state index in [4.69, 9.17) is 4.74 Å². The summed E-state index contributed by atoms with van der Waals surface area (Å²) < 4.78 is 9.38. The Hall–Kier alpha value is -2.94. The summed E-state index contributed by atoms with van der Waals surface area (Å²) in [4.78, 5) is 24.3. The number of nitrogens with one attached hydrogen (secondary N) is 1. The van der Waals surface area contributed by atoms with Crippen LogP contribution in [-0.2, 0) is 11.8 Å². The van der Waals surface area contributed by atoms with E-state index >= 15 is 0 Å². The van der Waals surface area contributed by atoms with Crippen LogP contribution in [0.2, 0.25) is 0 Å². The van der Waals surface area contributed by atoms with Crippen LogP contribution in [0.1, 0.15) is 47.8 Å². The molecule has 0 radical (unpaired) electrons. The van der Waals surface area contributed by atoms with Crippen molar-refractivity contribution in [2.75, 3.05) is 36.5 Å². The number of anilines is 2. The number of amides is 1. The Morgan fingerprint density at radius 1 is 1.20 bits per heavy atom. The molecule has 0 aliphatic carbocycles. The van der Waals surface area contributed by atoms with E-state index in [0.29, 0.717) is 11.6 Å². The SMILES string of the molecule is Cc1c(NC(=O)c2cnc3c(c2)ncn3C2CCOCC2)c(N2CCCC2)nn1C. The standard InChI is InChI=1S/C21H27N7O2/c1-14-18(20(25-26(14)2)27-7-3-4-8-27)24-21(29)15-11-17-19(22-12-15)28(13-23-17)16-5-9-30-10-6-16/h11-13,16H,3-10H2,1-2H3,(H,24,29). The average molecular weight is 409 g/mol. The third-order valence-electron chi connectivity index (χ3n) is 6.22. The van der Waals surface area contributed by atoms with Crippen molar-refractivity contribution in [1.82, 2.24) is 24.3 Å². The fourth-order valence-corrected chi connectivity index (χ4v) is 4.35.